The minimum Gasteiger partial charge on any atom is -0.497 e. The minimum atomic E-state index is -0.0713. The van der Waals surface area contributed by atoms with Crippen LogP contribution in [0.15, 0.2) is 29.3 Å². The minimum absolute atomic E-state index is 0. The van der Waals surface area contributed by atoms with Gasteiger partial charge in [-0.1, -0.05) is 26.0 Å². The summed E-state index contributed by atoms with van der Waals surface area (Å²) in [6.07, 6.45) is 0. The number of nitrogens with zero attached hydrogens (tertiary/aromatic N) is 1. The van der Waals surface area contributed by atoms with Crippen molar-refractivity contribution in [3.63, 3.8) is 0 Å². The van der Waals surface area contributed by atoms with Gasteiger partial charge in [-0.2, -0.15) is 0 Å². The van der Waals surface area contributed by atoms with Crippen LogP contribution in [0.25, 0.3) is 0 Å². The lowest BCUT2D eigenvalue weighted by Crippen LogP contribution is -2.40. The molecule has 0 aromatic heterocycles. The van der Waals surface area contributed by atoms with E-state index in [2.05, 4.69) is 48.5 Å². The summed E-state index contributed by atoms with van der Waals surface area (Å²) < 4.78 is 10.4. The van der Waals surface area contributed by atoms with E-state index in [-0.39, 0.29) is 29.4 Å². The summed E-state index contributed by atoms with van der Waals surface area (Å²) in [5.74, 6) is 1.69. The fourth-order valence-electron chi connectivity index (χ4n) is 2.03. The molecule has 1 aromatic carbocycles. The topological polar surface area (TPSA) is 54.9 Å². The molecule has 2 N–H and O–H groups in total. The van der Waals surface area contributed by atoms with Crippen molar-refractivity contribution in [2.45, 2.75) is 26.2 Å². The quantitative estimate of drug-likeness (QED) is 0.286. The van der Waals surface area contributed by atoms with Gasteiger partial charge < -0.3 is 20.1 Å². The fraction of sp³-hybridized carbons (Fsp3) is 0.588. The number of aliphatic imine (C=N–C) groups is 1. The van der Waals surface area contributed by atoms with Crippen molar-refractivity contribution < 1.29 is 9.47 Å². The van der Waals surface area contributed by atoms with E-state index >= 15 is 0 Å². The second kappa shape index (κ2) is 11.5. The first-order chi connectivity index (χ1) is 10.5. The Balaban J connectivity index is 0.00000484. The summed E-state index contributed by atoms with van der Waals surface area (Å²) >= 11 is 0. The predicted molar refractivity (Wildman–Crippen MR) is 107 cm³/mol. The maximum absolute atomic E-state index is 5.31. The second-order valence-electron chi connectivity index (χ2n) is 5.73. The number of guanidine groups is 1. The zero-order valence-electron chi connectivity index (χ0n) is 14.8. The van der Waals surface area contributed by atoms with Crippen LogP contribution in [0.5, 0.6) is 5.75 Å². The highest BCUT2D eigenvalue weighted by Crippen LogP contribution is 2.26. The molecule has 132 valence electrons. The van der Waals surface area contributed by atoms with Gasteiger partial charge in [-0.15, -0.1) is 24.0 Å². The zero-order chi connectivity index (χ0) is 16.4. The van der Waals surface area contributed by atoms with E-state index in [1.165, 1.54) is 5.56 Å². The number of methoxy groups -OCH3 is 2. The highest BCUT2D eigenvalue weighted by Gasteiger charge is 2.21. The molecule has 0 fully saturated rings. The monoisotopic (exact) mass is 435 g/mol. The van der Waals surface area contributed by atoms with Gasteiger partial charge >= 0.3 is 0 Å². The lowest BCUT2D eigenvalue weighted by Gasteiger charge is -2.24. The summed E-state index contributed by atoms with van der Waals surface area (Å²) in [5, 5.41) is 6.50. The second-order valence-corrected chi connectivity index (χ2v) is 5.73. The number of hydrogen-bond acceptors (Lipinski definition) is 3. The Bertz CT molecular complexity index is 479. The average Bonchev–Trinajstić information content (AvgIpc) is 2.53. The van der Waals surface area contributed by atoms with Crippen LogP contribution in [-0.2, 0) is 10.2 Å². The van der Waals surface area contributed by atoms with Gasteiger partial charge in [0.25, 0.3) is 0 Å². The number of hydrogen-bond donors (Lipinski definition) is 2. The molecule has 0 radical (unpaired) electrons. The van der Waals surface area contributed by atoms with Crippen LogP contribution in [0, 0.1) is 0 Å². The van der Waals surface area contributed by atoms with Crippen LogP contribution in [-0.4, -0.2) is 46.4 Å². The van der Waals surface area contributed by atoms with E-state index in [4.69, 9.17) is 9.47 Å². The Morgan fingerprint density at radius 2 is 1.96 bits per heavy atom. The Labute approximate surface area is 157 Å². The van der Waals surface area contributed by atoms with Crippen molar-refractivity contribution in [1.29, 1.82) is 0 Å². The molecule has 0 saturated carbocycles. The highest BCUT2D eigenvalue weighted by atomic mass is 127. The zero-order valence-corrected chi connectivity index (χ0v) is 17.1. The largest absolute Gasteiger partial charge is 0.497 e. The van der Waals surface area contributed by atoms with Crippen LogP contribution >= 0.6 is 24.0 Å². The molecule has 0 aliphatic rings. The predicted octanol–water partition coefficient (Wildman–Crippen LogP) is 2.79. The first kappa shape index (κ1) is 22.0. The van der Waals surface area contributed by atoms with Crippen molar-refractivity contribution in [3.8, 4) is 5.75 Å². The van der Waals surface area contributed by atoms with Gasteiger partial charge in [-0.25, -0.2) is 0 Å². The molecule has 0 saturated heterocycles. The van der Waals surface area contributed by atoms with Crippen LogP contribution < -0.4 is 15.4 Å². The van der Waals surface area contributed by atoms with Crippen LogP contribution in [0.4, 0.5) is 0 Å². The third kappa shape index (κ3) is 7.87. The van der Waals surface area contributed by atoms with Crippen LogP contribution in [0.2, 0.25) is 0 Å². The van der Waals surface area contributed by atoms with Crippen molar-refractivity contribution >= 4 is 29.9 Å². The lowest BCUT2D eigenvalue weighted by molar-refractivity contribution is 0.203. The molecular formula is C17H30IN3O2. The Hall–Kier alpha value is -1.02. The van der Waals surface area contributed by atoms with E-state index in [1.54, 1.807) is 14.2 Å². The maximum atomic E-state index is 5.31. The molecule has 0 amide bonds. The first-order valence-corrected chi connectivity index (χ1v) is 7.69. The number of benzene rings is 1. The summed E-state index contributed by atoms with van der Waals surface area (Å²) in [7, 11) is 3.38. The summed E-state index contributed by atoms with van der Waals surface area (Å²) in [6, 6.07) is 8.16. The molecule has 0 bridgehead atoms. The highest BCUT2D eigenvalue weighted by molar-refractivity contribution is 14.0. The van der Waals surface area contributed by atoms with Gasteiger partial charge in [0, 0.05) is 25.6 Å². The standard InChI is InChI=1S/C17H29N3O2.HI/c1-6-18-16(19-10-11-21-4)20-13-17(2,3)14-8-7-9-15(12-14)22-5;/h7-9,12H,6,10-11,13H2,1-5H3,(H2,18,19,20);1H. The number of nitrogens with one attached hydrogen (secondary N) is 2. The van der Waals surface area contributed by atoms with Crippen molar-refractivity contribution in [2.75, 3.05) is 40.5 Å². The van der Waals surface area contributed by atoms with E-state index < -0.39 is 0 Å². The fourth-order valence-corrected chi connectivity index (χ4v) is 2.03. The van der Waals surface area contributed by atoms with Gasteiger partial charge in [0.05, 0.1) is 20.3 Å². The van der Waals surface area contributed by atoms with Gasteiger partial charge in [0.15, 0.2) is 5.96 Å². The molecule has 0 atom stereocenters. The molecule has 1 aromatic rings. The summed E-state index contributed by atoms with van der Waals surface area (Å²) in [5.41, 5.74) is 1.14. The SMILES string of the molecule is CCNC(=NCC(C)(C)c1cccc(OC)c1)NCCOC.I. The van der Waals surface area contributed by atoms with Gasteiger partial charge in [0.2, 0.25) is 0 Å². The number of ether oxygens (including phenoxy) is 2. The molecule has 0 heterocycles. The van der Waals surface area contributed by atoms with E-state index in [1.807, 2.05) is 12.1 Å². The maximum Gasteiger partial charge on any atom is 0.191 e. The third-order valence-corrected chi connectivity index (χ3v) is 3.43. The summed E-state index contributed by atoms with van der Waals surface area (Å²) in [6.45, 7) is 9.33. The molecule has 1 rings (SSSR count). The molecule has 0 aliphatic carbocycles. The Kier molecular flexibility index (Phi) is 11.0. The summed E-state index contributed by atoms with van der Waals surface area (Å²) in [4.78, 5) is 4.69. The Morgan fingerprint density at radius 1 is 1.22 bits per heavy atom. The third-order valence-electron chi connectivity index (χ3n) is 3.43. The normalized spacial score (nSPS) is 11.6. The van der Waals surface area contributed by atoms with Crippen molar-refractivity contribution in [3.05, 3.63) is 29.8 Å². The molecule has 0 spiro atoms. The van der Waals surface area contributed by atoms with Gasteiger partial charge in [-0.3, -0.25) is 4.99 Å². The molecule has 0 unspecified atom stereocenters. The van der Waals surface area contributed by atoms with Gasteiger partial charge in [-0.05, 0) is 24.6 Å². The number of rotatable bonds is 8. The van der Waals surface area contributed by atoms with Crippen LogP contribution in [0.3, 0.4) is 0 Å². The average molecular weight is 435 g/mol. The molecule has 23 heavy (non-hydrogen) atoms. The van der Waals surface area contributed by atoms with E-state index in [0.717, 1.165) is 24.8 Å². The first-order valence-electron chi connectivity index (χ1n) is 7.69. The van der Waals surface area contributed by atoms with Gasteiger partial charge in [0.1, 0.15) is 5.75 Å². The Morgan fingerprint density at radius 3 is 2.57 bits per heavy atom. The molecule has 0 aliphatic heterocycles. The smallest absolute Gasteiger partial charge is 0.191 e. The van der Waals surface area contributed by atoms with E-state index in [0.29, 0.717) is 13.2 Å². The van der Waals surface area contributed by atoms with Crippen molar-refractivity contribution in [1.82, 2.24) is 10.6 Å². The lowest BCUT2D eigenvalue weighted by atomic mass is 9.85. The molecule has 6 heteroatoms. The number of halogens is 1. The molecular weight excluding hydrogens is 405 g/mol. The van der Waals surface area contributed by atoms with Crippen molar-refractivity contribution in [2.24, 2.45) is 4.99 Å². The molecule has 5 nitrogen and oxygen atoms in total. The van der Waals surface area contributed by atoms with E-state index in [9.17, 15) is 0 Å². The van der Waals surface area contributed by atoms with Crippen LogP contribution in [0.1, 0.15) is 26.3 Å².